The van der Waals surface area contributed by atoms with Gasteiger partial charge >= 0.3 is 0 Å². The summed E-state index contributed by atoms with van der Waals surface area (Å²) in [6.45, 7) is 0.414. The Labute approximate surface area is 79.4 Å². The van der Waals surface area contributed by atoms with Crippen LogP contribution in [-0.4, -0.2) is 20.1 Å². The predicted octanol–water partition coefficient (Wildman–Crippen LogP) is 0.0539. The maximum Gasteiger partial charge on any atom is 0.213 e. The van der Waals surface area contributed by atoms with Crippen LogP contribution in [0, 0.1) is 0 Å². The van der Waals surface area contributed by atoms with Crippen molar-refractivity contribution in [3.8, 4) is 0 Å². The molecule has 2 aromatic heterocycles. The topological polar surface area (TPSA) is 103 Å². The number of nitrogens with zero attached hydrogens (tertiary/aromatic N) is 4. The molecule has 0 atom stereocenters. The van der Waals surface area contributed by atoms with Crippen molar-refractivity contribution in [3.05, 3.63) is 24.7 Å². The molecule has 0 fully saturated rings. The first-order valence-corrected chi connectivity index (χ1v) is 3.91. The zero-order valence-electron chi connectivity index (χ0n) is 7.21. The highest BCUT2D eigenvalue weighted by Crippen LogP contribution is 2.11. The van der Waals surface area contributed by atoms with Gasteiger partial charge in [0, 0.05) is 0 Å². The molecule has 0 aliphatic rings. The molecule has 2 heterocycles. The highest BCUT2D eigenvalue weighted by molar-refractivity contribution is 5.58. The average molecular weight is 192 g/mol. The molecule has 0 saturated carbocycles. The van der Waals surface area contributed by atoms with Gasteiger partial charge in [-0.05, 0) is 0 Å². The van der Waals surface area contributed by atoms with Gasteiger partial charge in [0.15, 0.2) is 11.6 Å². The third-order valence-corrected chi connectivity index (χ3v) is 1.56. The summed E-state index contributed by atoms with van der Waals surface area (Å²) in [7, 11) is 0. The van der Waals surface area contributed by atoms with Crippen LogP contribution in [-0.2, 0) is 6.54 Å². The molecule has 3 N–H and O–H groups in total. The maximum absolute atomic E-state index is 5.61. The van der Waals surface area contributed by atoms with E-state index in [1.54, 1.807) is 0 Å². The van der Waals surface area contributed by atoms with Crippen molar-refractivity contribution in [3.63, 3.8) is 0 Å². The van der Waals surface area contributed by atoms with Crippen molar-refractivity contribution in [1.82, 2.24) is 20.1 Å². The smallest absolute Gasteiger partial charge is 0.213 e. The second kappa shape index (κ2) is 3.69. The Kier molecular flexibility index (Phi) is 2.22. The first kappa shape index (κ1) is 8.42. The monoisotopic (exact) mass is 192 g/mol. The molecule has 2 rings (SSSR count). The summed E-state index contributed by atoms with van der Waals surface area (Å²) in [4.78, 5) is 11.5. The zero-order chi connectivity index (χ0) is 9.80. The number of anilines is 2. The van der Waals surface area contributed by atoms with Gasteiger partial charge in [0.1, 0.15) is 6.33 Å². The summed E-state index contributed by atoms with van der Waals surface area (Å²) in [5, 5.41) is 6.58. The first-order chi connectivity index (χ1) is 6.86. The average Bonchev–Trinajstić information content (AvgIpc) is 2.69. The summed E-state index contributed by atoms with van der Waals surface area (Å²) in [5.74, 6) is 1.10. The van der Waals surface area contributed by atoms with Crippen molar-refractivity contribution in [2.24, 2.45) is 0 Å². The van der Waals surface area contributed by atoms with Crippen molar-refractivity contribution in [2.45, 2.75) is 6.54 Å². The molecule has 0 aliphatic carbocycles. The van der Waals surface area contributed by atoms with Gasteiger partial charge in [-0.15, -0.1) is 0 Å². The number of aromatic nitrogens is 4. The summed E-state index contributed by atoms with van der Waals surface area (Å²) >= 11 is 0. The Morgan fingerprint density at radius 2 is 2.36 bits per heavy atom. The summed E-state index contributed by atoms with van der Waals surface area (Å²) in [6, 6.07) is 0. The van der Waals surface area contributed by atoms with Gasteiger partial charge in [-0.1, -0.05) is 5.16 Å². The molecular formula is C7H8N6O. The molecule has 0 aliphatic heterocycles. The molecule has 0 amide bonds. The second-order valence-corrected chi connectivity index (χ2v) is 2.53. The number of hydrogen-bond donors (Lipinski definition) is 2. The third-order valence-electron chi connectivity index (χ3n) is 1.56. The fourth-order valence-corrected chi connectivity index (χ4v) is 0.921. The molecule has 72 valence electrons. The molecule has 0 unspecified atom stereocenters. The highest BCUT2D eigenvalue weighted by Gasteiger charge is 2.01. The SMILES string of the molecule is Nc1cncnc1NCc1ncon1. The lowest BCUT2D eigenvalue weighted by Gasteiger charge is -2.03. The van der Waals surface area contributed by atoms with Crippen LogP contribution < -0.4 is 11.1 Å². The van der Waals surface area contributed by atoms with Crippen LogP contribution in [0.5, 0.6) is 0 Å². The molecule has 0 bridgehead atoms. The van der Waals surface area contributed by atoms with Crippen LogP contribution in [0.25, 0.3) is 0 Å². The molecule has 7 nitrogen and oxygen atoms in total. The fourth-order valence-electron chi connectivity index (χ4n) is 0.921. The van der Waals surface area contributed by atoms with E-state index in [1.807, 2.05) is 0 Å². The molecule has 0 saturated heterocycles. The minimum absolute atomic E-state index is 0.414. The molecular weight excluding hydrogens is 184 g/mol. The van der Waals surface area contributed by atoms with Crippen LogP contribution in [0.4, 0.5) is 11.5 Å². The second-order valence-electron chi connectivity index (χ2n) is 2.53. The normalized spacial score (nSPS) is 10.0. The van der Waals surface area contributed by atoms with E-state index in [4.69, 9.17) is 5.73 Å². The van der Waals surface area contributed by atoms with Gasteiger partial charge < -0.3 is 15.6 Å². The number of nitrogens with one attached hydrogen (secondary N) is 1. The Balaban J connectivity index is 2.02. The van der Waals surface area contributed by atoms with Crippen LogP contribution in [0.1, 0.15) is 5.82 Å². The van der Waals surface area contributed by atoms with Crippen molar-refractivity contribution in [2.75, 3.05) is 11.1 Å². The van der Waals surface area contributed by atoms with Crippen LogP contribution in [0.2, 0.25) is 0 Å². The van der Waals surface area contributed by atoms with Crippen molar-refractivity contribution in [1.29, 1.82) is 0 Å². The number of rotatable bonds is 3. The zero-order valence-corrected chi connectivity index (χ0v) is 7.21. The highest BCUT2D eigenvalue weighted by atomic mass is 16.5. The standard InChI is InChI=1S/C7H8N6O/c8-5-1-9-3-11-7(5)10-2-6-12-4-14-13-6/h1,3-4H,2,8H2,(H,9,10,11). The Morgan fingerprint density at radius 3 is 3.07 bits per heavy atom. The van der Waals surface area contributed by atoms with E-state index in [2.05, 4.69) is 29.9 Å². The van der Waals surface area contributed by atoms with E-state index in [0.717, 1.165) is 0 Å². The van der Waals surface area contributed by atoms with Crippen molar-refractivity contribution >= 4 is 11.5 Å². The van der Waals surface area contributed by atoms with Gasteiger partial charge in [0.25, 0.3) is 0 Å². The first-order valence-electron chi connectivity index (χ1n) is 3.91. The molecule has 14 heavy (non-hydrogen) atoms. The fraction of sp³-hybridized carbons (Fsp3) is 0.143. The minimum Gasteiger partial charge on any atom is -0.394 e. The quantitative estimate of drug-likeness (QED) is 0.708. The van der Waals surface area contributed by atoms with E-state index in [0.29, 0.717) is 23.9 Å². The molecule has 2 aromatic rings. The van der Waals surface area contributed by atoms with Gasteiger partial charge in [-0.3, -0.25) is 0 Å². The Morgan fingerprint density at radius 1 is 1.43 bits per heavy atom. The van der Waals surface area contributed by atoms with Gasteiger partial charge in [0.2, 0.25) is 6.39 Å². The molecule has 7 heteroatoms. The maximum atomic E-state index is 5.61. The van der Waals surface area contributed by atoms with Crippen molar-refractivity contribution < 1.29 is 4.52 Å². The van der Waals surface area contributed by atoms with Gasteiger partial charge in [-0.2, -0.15) is 4.98 Å². The summed E-state index contributed by atoms with van der Waals surface area (Å²) in [6.07, 6.45) is 4.20. The van der Waals surface area contributed by atoms with Gasteiger partial charge in [-0.25, -0.2) is 9.97 Å². The lowest BCUT2D eigenvalue weighted by atomic mass is 10.4. The van der Waals surface area contributed by atoms with Crippen LogP contribution in [0.15, 0.2) is 23.4 Å². The predicted molar refractivity (Wildman–Crippen MR) is 48.1 cm³/mol. The molecule has 0 radical (unpaired) electrons. The van der Waals surface area contributed by atoms with E-state index in [1.165, 1.54) is 18.9 Å². The lowest BCUT2D eigenvalue weighted by molar-refractivity contribution is 0.411. The third kappa shape index (κ3) is 1.76. The van der Waals surface area contributed by atoms with E-state index < -0.39 is 0 Å². The number of nitrogens with two attached hydrogens (primary N) is 1. The molecule has 0 aromatic carbocycles. The Hall–Kier alpha value is -2.18. The number of hydrogen-bond acceptors (Lipinski definition) is 7. The largest absolute Gasteiger partial charge is 0.394 e. The Bertz CT molecular complexity index is 400. The van der Waals surface area contributed by atoms with Crippen LogP contribution in [0.3, 0.4) is 0 Å². The van der Waals surface area contributed by atoms with E-state index in [-0.39, 0.29) is 0 Å². The minimum atomic E-state index is 0.414. The lowest BCUT2D eigenvalue weighted by Crippen LogP contribution is -2.05. The summed E-state index contributed by atoms with van der Waals surface area (Å²) < 4.78 is 4.57. The van der Waals surface area contributed by atoms with Gasteiger partial charge in [0.05, 0.1) is 18.4 Å². The number of nitrogen functional groups attached to an aromatic ring is 1. The van der Waals surface area contributed by atoms with E-state index in [9.17, 15) is 0 Å². The van der Waals surface area contributed by atoms with Crippen LogP contribution >= 0.6 is 0 Å². The molecule has 0 spiro atoms. The summed E-state index contributed by atoms with van der Waals surface area (Å²) in [5.41, 5.74) is 6.09. The van der Waals surface area contributed by atoms with E-state index >= 15 is 0 Å².